The van der Waals surface area contributed by atoms with Crippen LogP contribution in [0.1, 0.15) is 12.0 Å². The lowest BCUT2D eigenvalue weighted by molar-refractivity contribution is 0.0220. The molecule has 1 aromatic carbocycles. The second-order valence-corrected chi connectivity index (χ2v) is 4.80. The summed E-state index contributed by atoms with van der Waals surface area (Å²) >= 11 is 0. The number of nitrogens with two attached hydrogens (primary N) is 1. The Morgan fingerprint density at radius 1 is 0.950 bits per heavy atom. The number of benzene rings is 1. The molecular weight excluding hydrogens is 254 g/mol. The van der Waals surface area contributed by atoms with Crippen LogP contribution in [-0.2, 0) is 20.6 Å². The van der Waals surface area contributed by atoms with Crippen LogP contribution in [0.2, 0.25) is 0 Å². The van der Waals surface area contributed by atoms with E-state index < -0.39 is 0 Å². The Balaban J connectivity index is 2.04. The molecule has 20 heavy (non-hydrogen) atoms. The number of rotatable bonds is 12. The van der Waals surface area contributed by atoms with E-state index in [0.29, 0.717) is 38.9 Å². The lowest BCUT2D eigenvalue weighted by Crippen LogP contribution is -2.19. The van der Waals surface area contributed by atoms with Crippen LogP contribution in [-0.4, -0.2) is 46.7 Å². The van der Waals surface area contributed by atoms with E-state index in [1.165, 1.54) is 5.56 Å². The number of methoxy groups -OCH3 is 1. The fourth-order valence-corrected chi connectivity index (χ4v) is 1.96. The predicted molar refractivity (Wildman–Crippen MR) is 80.8 cm³/mol. The third-order valence-electron chi connectivity index (χ3n) is 3.17. The van der Waals surface area contributed by atoms with Gasteiger partial charge in [0, 0.05) is 13.7 Å². The van der Waals surface area contributed by atoms with Crippen LogP contribution >= 0.6 is 0 Å². The van der Waals surface area contributed by atoms with Crippen molar-refractivity contribution in [3.63, 3.8) is 0 Å². The Kier molecular flexibility index (Phi) is 10.1. The van der Waals surface area contributed by atoms with Crippen LogP contribution in [0.15, 0.2) is 30.3 Å². The normalized spacial score (nSPS) is 12.5. The number of hydrogen-bond donors (Lipinski definition) is 1. The van der Waals surface area contributed by atoms with Crippen LogP contribution in [0.25, 0.3) is 0 Å². The summed E-state index contributed by atoms with van der Waals surface area (Å²) < 4.78 is 15.8. The fourth-order valence-electron chi connectivity index (χ4n) is 1.96. The molecule has 0 saturated carbocycles. The van der Waals surface area contributed by atoms with Crippen molar-refractivity contribution < 1.29 is 14.2 Å². The largest absolute Gasteiger partial charge is 0.382 e. The maximum Gasteiger partial charge on any atom is 0.0701 e. The van der Waals surface area contributed by atoms with Gasteiger partial charge in [-0.2, -0.15) is 0 Å². The minimum absolute atomic E-state index is 0.479. The van der Waals surface area contributed by atoms with E-state index >= 15 is 0 Å². The molecule has 0 fully saturated rings. The summed E-state index contributed by atoms with van der Waals surface area (Å²) in [6, 6.07) is 10.5. The Bertz CT molecular complexity index is 319. The van der Waals surface area contributed by atoms with Crippen molar-refractivity contribution in [2.24, 2.45) is 11.7 Å². The first-order valence-electron chi connectivity index (χ1n) is 7.25. The summed E-state index contributed by atoms with van der Waals surface area (Å²) in [7, 11) is 1.67. The first kappa shape index (κ1) is 17.1. The predicted octanol–water partition coefficient (Wildman–Crippen LogP) is 1.87. The molecule has 1 aromatic rings. The van der Waals surface area contributed by atoms with E-state index in [9.17, 15) is 0 Å². The van der Waals surface area contributed by atoms with E-state index in [4.69, 9.17) is 19.9 Å². The highest BCUT2D eigenvalue weighted by molar-refractivity contribution is 5.15. The maximum absolute atomic E-state index is 5.82. The summed E-state index contributed by atoms with van der Waals surface area (Å²) in [5.74, 6) is 0.479. The smallest absolute Gasteiger partial charge is 0.0701 e. The molecule has 0 aliphatic rings. The minimum Gasteiger partial charge on any atom is -0.382 e. The second-order valence-electron chi connectivity index (χ2n) is 4.80. The summed E-state index contributed by atoms with van der Waals surface area (Å²) in [5, 5.41) is 0. The summed E-state index contributed by atoms with van der Waals surface area (Å²) in [6.45, 7) is 3.94. The maximum atomic E-state index is 5.82. The molecule has 0 amide bonds. The quantitative estimate of drug-likeness (QED) is 0.594. The third-order valence-corrected chi connectivity index (χ3v) is 3.17. The molecule has 1 unspecified atom stereocenters. The standard InChI is InChI=1S/C16H27NO3/c1-18-9-10-20-12-11-19-8-7-16(14-17)13-15-5-3-2-4-6-15/h2-6,16H,7-14,17H2,1H3. The van der Waals surface area contributed by atoms with Gasteiger partial charge in [0.2, 0.25) is 0 Å². The van der Waals surface area contributed by atoms with Crippen molar-refractivity contribution in [3.05, 3.63) is 35.9 Å². The monoisotopic (exact) mass is 281 g/mol. The third kappa shape index (κ3) is 8.27. The molecule has 4 nitrogen and oxygen atoms in total. The first-order valence-corrected chi connectivity index (χ1v) is 7.25. The zero-order chi connectivity index (χ0) is 14.5. The van der Waals surface area contributed by atoms with Gasteiger partial charge in [0.15, 0.2) is 0 Å². The second kappa shape index (κ2) is 11.9. The summed E-state index contributed by atoms with van der Waals surface area (Å²) in [4.78, 5) is 0. The Morgan fingerprint density at radius 2 is 1.60 bits per heavy atom. The number of ether oxygens (including phenoxy) is 3. The van der Waals surface area contributed by atoms with Crippen LogP contribution in [0.4, 0.5) is 0 Å². The highest BCUT2D eigenvalue weighted by Gasteiger charge is 2.07. The summed E-state index contributed by atoms with van der Waals surface area (Å²) in [6.07, 6.45) is 2.01. The molecule has 0 heterocycles. The Morgan fingerprint density at radius 3 is 2.25 bits per heavy atom. The highest BCUT2D eigenvalue weighted by atomic mass is 16.5. The van der Waals surface area contributed by atoms with Gasteiger partial charge in [0.1, 0.15) is 0 Å². The van der Waals surface area contributed by atoms with Crippen LogP contribution < -0.4 is 5.73 Å². The van der Waals surface area contributed by atoms with Crippen LogP contribution in [0, 0.1) is 5.92 Å². The molecule has 1 rings (SSSR count). The van der Waals surface area contributed by atoms with Gasteiger partial charge in [0.25, 0.3) is 0 Å². The van der Waals surface area contributed by atoms with Gasteiger partial charge >= 0.3 is 0 Å². The molecule has 114 valence electrons. The van der Waals surface area contributed by atoms with E-state index in [-0.39, 0.29) is 0 Å². The van der Waals surface area contributed by atoms with Gasteiger partial charge in [-0.25, -0.2) is 0 Å². The molecule has 0 bridgehead atoms. The van der Waals surface area contributed by atoms with Crippen LogP contribution in [0.3, 0.4) is 0 Å². The molecule has 1 atom stereocenters. The summed E-state index contributed by atoms with van der Waals surface area (Å²) in [5.41, 5.74) is 7.16. The fraction of sp³-hybridized carbons (Fsp3) is 0.625. The molecule has 0 saturated heterocycles. The van der Waals surface area contributed by atoms with E-state index in [1.54, 1.807) is 7.11 Å². The van der Waals surface area contributed by atoms with Gasteiger partial charge < -0.3 is 19.9 Å². The molecule has 0 aliphatic carbocycles. The lowest BCUT2D eigenvalue weighted by Gasteiger charge is -2.15. The van der Waals surface area contributed by atoms with Crippen molar-refractivity contribution in [1.82, 2.24) is 0 Å². The SMILES string of the molecule is COCCOCCOCCC(CN)Cc1ccccc1. The highest BCUT2D eigenvalue weighted by Crippen LogP contribution is 2.11. The average Bonchev–Trinajstić information content (AvgIpc) is 2.49. The topological polar surface area (TPSA) is 53.7 Å². The molecule has 4 heteroatoms. The van der Waals surface area contributed by atoms with Gasteiger partial charge in [-0.15, -0.1) is 0 Å². The van der Waals surface area contributed by atoms with Crippen LogP contribution in [0.5, 0.6) is 0 Å². The van der Waals surface area contributed by atoms with Crippen molar-refractivity contribution >= 4 is 0 Å². The van der Waals surface area contributed by atoms with Crippen molar-refractivity contribution in [2.45, 2.75) is 12.8 Å². The Hall–Kier alpha value is -0.940. The van der Waals surface area contributed by atoms with E-state index in [0.717, 1.165) is 19.4 Å². The molecule has 0 aliphatic heterocycles. The average molecular weight is 281 g/mol. The molecular formula is C16H27NO3. The molecule has 0 radical (unpaired) electrons. The zero-order valence-corrected chi connectivity index (χ0v) is 12.4. The van der Waals surface area contributed by atoms with Crippen molar-refractivity contribution in [1.29, 1.82) is 0 Å². The van der Waals surface area contributed by atoms with Gasteiger partial charge in [-0.05, 0) is 30.9 Å². The Labute approximate surface area is 122 Å². The molecule has 2 N–H and O–H groups in total. The lowest BCUT2D eigenvalue weighted by atomic mass is 9.97. The van der Waals surface area contributed by atoms with E-state index in [1.807, 2.05) is 6.07 Å². The van der Waals surface area contributed by atoms with Gasteiger partial charge in [0.05, 0.1) is 26.4 Å². The van der Waals surface area contributed by atoms with E-state index in [2.05, 4.69) is 24.3 Å². The minimum atomic E-state index is 0.479. The number of hydrogen-bond acceptors (Lipinski definition) is 4. The molecule has 0 spiro atoms. The molecule has 0 aromatic heterocycles. The van der Waals surface area contributed by atoms with Crippen molar-refractivity contribution in [3.8, 4) is 0 Å². The van der Waals surface area contributed by atoms with Crippen molar-refractivity contribution in [2.75, 3.05) is 46.7 Å². The zero-order valence-electron chi connectivity index (χ0n) is 12.4. The first-order chi connectivity index (χ1) is 9.86. The van der Waals surface area contributed by atoms with Gasteiger partial charge in [-0.3, -0.25) is 0 Å². The van der Waals surface area contributed by atoms with Gasteiger partial charge in [-0.1, -0.05) is 30.3 Å².